The predicted octanol–water partition coefficient (Wildman–Crippen LogP) is 3.60. The average Bonchev–Trinajstić information content (AvgIpc) is 3.03. The summed E-state index contributed by atoms with van der Waals surface area (Å²) < 4.78 is 10.6. The lowest BCUT2D eigenvalue weighted by molar-refractivity contribution is -0.116. The Labute approximate surface area is 150 Å². The van der Waals surface area contributed by atoms with Gasteiger partial charge in [-0.3, -0.25) is 9.59 Å². The molecule has 1 aliphatic heterocycles. The van der Waals surface area contributed by atoms with Gasteiger partial charge < -0.3 is 20.1 Å². The second-order valence-corrected chi connectivity index (χ2v) is 6.02. The molecule has 0 saturated heterocycles. The third-order valence-corrected chi connectivity index (χ3v) is 3.97. The molecule has 2 N–H and O–H groups in total. The van der Waals surface area contributed by atoms with Gasteiger partial charge in [-0.25, -0.2) is 0 Å². The maximum absolute atomic E-state index is 12.2. The Balaban J connectivity index is 1.60. The lowest BCUT2D eigenvalue weighted by Crippen LogP contribution is -2.13. The number of amides is 2. The van der Waals surface area contributed by atoms with Crippen LogP contribution in [-0.4, -0.2) is 18.6 Å². The van der Waals surface area contributed by atoms with Gasteiger partial charge in [0.1, 0.15) is 0 Å². The van der Waals surface area contributed by atoms with Gasteiger partial charge in [0, 0.05) is 19.0 Å². The van der Waals surface area contributed by atoms with E-state index in [0.29, 0.717) is 35.0 Å². The van der Waals surface area contributed by atoms with Crippen LogP contribution in [0.2, 0.25) is 5.02 Å². The second-order valence-electron chi connectivity index (χ2n) is 5.61. The minimum absolute atomic E-state index is 0.167. The molecule has 1 aliphatic rings. The van der Waals surface area contributed by atoms with Crippen LogP contribution in [0, 0.1) is 0 Å². The molecule has 1 heterocycles. The molecule has 2 aromatic rings. The van der Waals surface area contributed by atoms with E-state index < -0.39 is 0 Å². The number of fused-ring (bicyclic) bond motifs is 1. The third-order valence-electron chi connectivity index (χ3n) is 3.64. The first kappa shape index (κ1) is 17.1. The summed E-state index contributed by atoms with van der Waals surface area (Å²) in [6, 6.07) is 10.5. The van der Waals surface area contributed by atoms with Crippen LogP contribution in [0.15, 0.2) is 36.4 Å². The molecule has 0 bridgehead atoms. The zero-order valence-electron chi connectivity index (χ0n) is 13.6. The van der Waals surface area contributed by atoms with Gasteiger partial charge >= 0.3 is 0 Å². The lowest BCUT2D eigenvalue weighted by atomic mass is 10.1. The molecule has 0 spiro atoms. The van der Waals surface area contributed by atoms with E-state index in [1.807, 2.05) is 18.2 Å². The number of aryl methyl sites for hydroxylation is 1. The molecule has 0 aliphatic carbocycles. The Morgan fingerprint density at radius 1 is 1.08 bits per heavy atom. The molecular weight excluding hydrogens is 344 g/mol. The average molecular weight is 361 g/mol. The van der Waals surface area contributed by atoms with Crippen molar-refractivity contribution in [3.63, 3.8) is 0 Å². The highest BCUT2D eigenvalue weighted by molar-refractivity contribution is 6.33. The van der Waals surface area contributed by atoms with Crippen molar-refractivity contribution < 1.29 is 19.1 Å². The fourth-order valence-corrected chi connectivity index (χ4v) is 2.63. The summed E-state index contributed by atoms with van der Waals surface area (Å²) in [6.07, 6.45) is 0.853. The number of benzene rings is 2. The summed E-state index contributed by atoms with van der Waals surface area (Å²) in [5.74, 6) is 1.06. The molecule has 7 heteroatoms. The lowest BCUT2D eigenvalue weighted by Gasteiger charge is -2.10. The van der Waals surface area contributed by atoms with Gasteiger partial charge in [0.25, 0.3) is 0 Å². The minimum atomic E-state index is -0.192. The monoisotopic (exact) mass is 360 g/mol. The number of rotatable bonds is 5. The summed E-state index contributed by atoms with van der Waals surface area (Å²) in [4.78, 5) is 23.3. The summed E-state index contributed by atoms with van der Waals surface area (Å²) in [5.41, 5.74) is 2.02. The van der Waals surface area contributed by atoms with Crippen LogP contribution in [0.5, 0.6) is 11.5 Å². The molecule has 3 rings (SSSR count). The number of anilines is 2. The molecule has 2 amide bonds. The maximum Gasteiger partial charge on any atom is 0.231 e. The first-order valence-electron chi connectivity index (χ1n) is 7.77. The smallest absolute Gasteiger partial charge is 0.231 e. The van der Waals surface area contributed by atoms with Gasteiger partial charge in [0.2, 0.25) is 18.6 Å². The van der Waals surface area contributed by atoms with Gasteiger partial charge in [-0.15, -0.1) is 0 Å². The van der Waals surface area contributed by atoms with E-state index in [0.717, 1.165) is 11.3 Å². The Morgan fingerprint density at radius 3 is 2.68 bits per heavy atom. The Kier molecular flexibility index (Phi) is 5.09. The molecule has 25 heavy (non-hydrogen) atoms. The van der Waals surface area contributed by atoms with Gasteiger partial charge in [-0.05, 0) is 42.3 Å². The number of halogens is 1. The predicted molar refractivity (Wildman–Crippen MR) is 95.3 cm³/mol. The molecule has 0 aromatic heterocycles. The van der Waals surface area contributed by atoms with Crippen LogP contribution in [0.3, 0.4) is 0 Å². The van der Waals surface area contributed by atoms with Crippen LogP contribution in [0.25, 0.3) is 0 Å². The van der Waals surface area contributed by atoms with Gasteiger partial charge in [-0.1, -0.05) is 17.7 Å². The summed E-state index contributed by atoms with van der Waals surface area (Å²) >= 11 is 6.10. The van der Waals surface area contributed by atoms with Crippen molar-refractivity contribution in [2.45, 2.75) is 19.8 Å². The minimum Gasteiger partial charge on any atom is -0.454 e. The van der Waals surface area contributed by atoms with E-state index in [4.69, 9.17) is 21.1 Å². The normalized spacial score (nSPS) is 11.9. The fraction of sp³-hybridized carbons (Fsp3) is 0.222. The highest BCUT2D eigenvalue weighted by Crippen LogP contribution is 2.33. The molecule has 0 fully saturated rings. The molecule has 0 saturated carbocycles. The van der Waals surface area contributed by atoms with Crippen molar-refractivity contribution in [1.82, 2.24) is 0 Å². The van der Waals surface area contributed by atoms with E-state index in [2.05, 4.69) is 10.6 Å². The summed E-state index contributed by atoms with van der Waals surface area (Å²) in [7, 11) is 0. The number of hydrogen-bond acceptors (Lipinski definition) is 4. The highest BCUT2D eigenvalue weighted by Gasteiger charge is 2.14. The zero-order valence-corrected chi connectivity index (χ0v) is 14.4. The number of nitrogens with one attached hydrogen (secondary N) is 2. The van der Waals surface area contributed by atoms with Crippen molar-refractivity contribution >= 4 is 34.8 Å². The van der Waals surface area contributed by atoms with E-state index in [9.17, 15) is 9.59 Å². The molecule has 0 unspecified atom stereocenters. The molecule has 130 valence electrons. The van der Waals surface area contributed by atoms with Crippen LogP contribution >= 0.6 is 11.6 Å². The first-order valence-corrected chi connectivity index (χ1v) is 8.14. The van der Waals surface area contributed by atoms with Gasteiger partial charge in [0.05, 0.1) is 10.7 Å². The van der Waals surface area contributed by atoms with Crippen molar-refractivity contribution in [2.24, 2.45) is 0 Å². The summed E-state index contributed by atoms with van der Waals surface area (Å²) in [5, 5.41) is 5.83. The number of carbonyl (C=O) groups excluding carboxylic acids is 2. The Morgan fingerprint density at radius 2 is 1.88 bits per heavy atom. The van der Waals surface area contributed by atoms with Crippen LogP contribution in [-0.2, 0) is 16.0 Å². The molecule has 0 radical (unpaired) electrons. The van der Waals surface area contributed by atoms with Crippen LogP contribution < -0.4 is 20.1 Å². The van der Waals surface area contributed by atoms with Crippen molar-refractivity contribution in [2.75, 3.05) is 17.4 Å². The Hall–Kier alpha value is -2.73. The molecule has 6 nitrogen and oxygen atoms in total. The van der Waals surface area contributed by atoms with Gasteiger partial charge in [0.15, 0.2) is 11.5 Å². The fourth-order valence-electron chi connectivity index (χ4n) is 2.47. The van der Waals surface area contributed by atoms with Crippen molar-refractivity contribution in [1.29, 1.82) is 0 Å². The van der Waals surface area contributed by atoms with Crippen LogP contribution in [0.4, 0.5) is 11.4 Å². The molecule has 0 atom stereocenters. The van der Waals surface area contributed by atoms with Crippen molar-refractivity contribution in [3.8, 4) is 11.5 Å². The van der Waals surface area contributed by atoms with E-state index in [1.165, 1.54) is 6.92 Å². The number of carbonyl (C=O) groups is 2. The molecule has 2 aromatic carbocycles. The standard InChI is InChI=1S/C18H17ClN2O4/c1-11(22)20-13-4-5-14(19)15(9-13)21-18(23)7-3-12-2-6-16-17(8-12)25-10-24-16/h2,4-6,8-9H,3,7,10H2,1H3,(H,20,22)(H,21,23). The topological polar surface area (TPSA) is 76.7 Å². The largest absolute Gasteiger partial charge is 0.454 e. The van der Waals surface area contributed by atoms with E-state index >= 15 is 0 Å². The zero-order chi connectivity index (χ0) is 17.8. The highest BCUT2D eigenvalue weighted by atomic mass is 35.5. The maximum atomic E-state index is 12.2. The van der Waals surface area contributed by atoms with Crippen molar-refractivity contribution in [3.05, 3.63) is 47.0 Å². The SMILES string of the molecule is CC(=O)Nc1ccc(Cl)c(NC(=O)CCc2ccc3c(c2)OCO3)c1. The second kappa shape index (κ2) is 7.44. The Bertz CT molecular complexity index is 823. The van der Waals surface area contributed by atoms with Crippen LogP contribution in [0.1, 0.15) is 18.9 Å². The molecular formula is C18H17ClN2O4. The first-order chi connectivity index (χ1) is 12.0. The quantitative estimate of drug-likeness (QED) is 0.854. The number of ether oxygens (including phenoxy) is 2. The van der Waals surface area contributed by atoms with E-state index in [-0.39, 0.29) is 18.6 Å². The van der Waals surface area contributed by atoms with E-state index in [1.54, 1.807) is 18.2 Å². The van der Waals surface area contributed by atoms with Gasteiger partial charge in [-0.2, -0.15) is 0 Å². The summed E-state index contributed by atoms with van der Waals surface area (Å²) in [6.45, 7) is 1.64. The third kappa shape index (κ3) is 4.42. The number of hydrogen-bond donors (Lipinski definition) is 2.